The van der Waals surface area contributed by atoms with E-state index in [0.717, 1.165) is 0 Å². The monoisotopic (exact) mass is 249 g/mol. The molecule has 1 rings (SSSR count). The van der Waals surface area contributed by atoms with Crippen molar-refractivity contribution in [3.8, 4) is 0 Å². The van der Waals surface area contributed by atoms with Gasteiger partial charge in [0.2, 0.25) is 5.91 Å². The summed E-state index contributed by atoms with van der Waals surface area (Å²) in [4.78, 5) is 27.7. The van der Waals surface area contributed by atoms with E-state index in [4.69, 9.17) is 0 Å². The van der Waals surface area contributed by atoms with Crippen molar-refractivity contribution in [2.75, 3.05) is 6.54 Å². The van der Waals surface area contributed by atoms with Crippen LogP contribution in [0.5, 0.6) is 0 Å². The zero-order valence-corrected chi connectivity index (χ0v) is 10.8. The second-order valence-corrected chi connectivity index (χ2v) is 3.05. The molecule has 5 heteroatoms. The molecule has 0 bridgehead atoms. The molecule has 1 N–H and O–H groups in total. The molecule has 1 saturated heterocycles. The lowest BCUT2D eigenvalue weighted by Crippen LogP contribution is -2.48. The summed E-state index contributed by atoms with van der Waals surface area (Å²) in [6.07, 6.45) is 6.30. The smallest absolute Gasteiger partial charge is 0.292 e. The summed E-state index contributed by atoms with van der Waals surface area (Å²) in [5, 5.41) is 2.22. The topological polar surface area (TPSA) is 61.8 Å². The zero-order chi connectivity index (χ0) is 14.0. The Hall–Kier alpha value is -2.17. The van der Waals surface area contributed by atoms with Crippen LogP contribution in [0, 0.1) is 0 Å². The van der Waals surface area contributed by atoms with Crippen LogP contribution in [0.25, 0.3) is 0 Å². The minimum absolute atomic E-state index is 0.265. The number of imide groups is 1. The Kier molecular flexibility index (Phi) is 7.85. The first kappa shape index (κ1) is 15.8. The summed E-state index contributed by atoms with van der Waals surface area (Å²) in [5.41, 5.74) is 0.545. The van der Waals surface area contributed by atoms with Gasteiger partial charge < -0.3 is 0 Å². The molecular formula is C13H19N3O2. The SMILES string of the molecule is C=CC=N/C=C(\C=C)N1CCC(=O)NC1=O.CC. The molecule has 0 atom stereocenters. The van der Waals surface area contributed by atoms with Crippen LogP contribution in [0.2, 0.25) is 0 Å². The van der Waals surface area contributed by atoms with Crippen LogP contribution in [0.15, 0.2) is 42.2 Å². The van der Waals surface area contributed by atoms with E-state index in [2.05, 4.69) is 23.5 Å². The molecule has 0 spiro atoms. The predicted octanol–water partition coefficient (Wildman–Crippen LogP) is 2.24. The first-order valence-corrected chi connectivity index (χ1v) is 5.77. The molecule has 1 aliphatic rings. The molecule has 0 aromatic heterocycles. The summed E-state index contributed by atoms with van der Waals surface area (Å²) in [6.45, 7) is 11.4. The maximum absolute atomic E-state index is 11.5. The Balaban J connectivity index is 0.00000137. The van der Waals surface area contributed by atoms with E-state index < -0.39 is 6.03 Å². The lowest BCUT2D eigenvalue weighted by atomic mass is 10.3. The van der Waals surface area contributed by atoms with Crippen LogP contribution in [-0.2, 0) is 4.79 Å². The van der Waals surface area contributed by atoms with Crippen molar-refractivity contribution in [2.24, 2.45) is 4.99 Å². The normalized spacial score (nSPS) is 15.9. The van der Waals surface area contributed by atoms with Crippen LogP contribution < -0.4 is 5.32 Å². The number of nitrogens with one attached hydrogen (secondary N) is 1. The minimum Gasteiger partial charge on any atom is -0.292 e. The van der Waals surface area contributed by atoms with Gasteiger partial charge in [0.05, 0.1) is 11.9 Å². The standard InChI is InChI=1S/C11H13N3O2.C2H6/c1-3-6-12-8-9(4-2)14-7-5-10(15)13-11(14)16;1-2/h3-4,6,8H,1-2,5,7H2,(H,13,15,16);1-2H3/b9-8+,12-6?;. The van der Waals surface area contributed by atoms with Gasteiger partial charge in [-0.05, 0) is 6.08 Å². The van der Waals surface area contributed by atoms with E-state index in [1.807, 2.05) is 13.8 Å². The van der Waals surface area contributed by atoms with Gasteiger partial charge in [-0.3, -0.25) is 20.0 Å². The Morgan fingerprint density at radius 2 is 2.06 bits per heavy atom. The number of hydrogen-bond donors (Lipinski definition) is 1. The molecule has 1 aliphatic heterocycles. The number of hydrogen-bond acceptors (Lipinski definition) is 3. The molecule has 0 radical (unpaired) electrons. The Labute approximate surface area is 108 Å². The molecule has 0 aromatic rings. The molecule has 5 nitrogen and oxygen atoms in total. The Morgan fingerprint density at radius 3 is 2.56 bits per heavy atom. The summed E-state index contributed by atoms with van der Waals surface area (Å²) in [7, 11) is 0. The minimum atomic E-state index is -0.448. The van der Waals surface area contributed by atoms with Gasteiger partial charge in [-0.25, -0.2) is 4.79 Å². The Morgan fingerprint density at radius 1 is 1.39 bits per heavy atom. The molecule has 0 aromatic carbocycles. The average molecular weight is 249 g/mol. The van der Waals surface area contributed by atoms with Gasteiger partial charge in [-0.15, -0.1) is 0 Å². The first-order valence-electron chi connectivity index (χ1n) is 5.77. The predicted molar refractivity (Wildman–Crippen MR) is 73.2 cm³/mol. The van der Waals surface area contributed by atoms with E-state index in [-0.39, 0.29) is 12.3 Å². The van der Waals surface area contributed by atoms with E-state index in [9.17, 15) is 9.59 Å². The van der Waals surface area contributed by atoms with Crippen LogP contribution in [0.1, 0.15) is 20.3 Å². The third-order valence-corrected chi connectivity index (χ3v) is 1.97. The lowest BCUT2D eigenvalue weighted by Gasteiger charge is -2.26. The van der Waals surface area contributed by atoms with Crippen LogP contribution in [0.3, 0.4) is 0 Å². The molecule has 3 amide bonds. The van der Waals surface area contributed by atoms with E-state index in [1.54, 1.807) is 0 Å². The van der Waals surface area contributed by atoms with Crippen LogP contribution in [0.4, 0.5) is 4.79 Å². The maximum Gasteiger partial charge on any atom is 0.328 e. The summed E-state index contributed by atoms with van der Waals surface area (Å²) in [5.74, 6) is -0.265. The van der Waals surface area contributed by atoms with E-state index >= 15 is 0 Å². The van der Waals surface area contributed by atoms with Gasteiger partial charge in [0, 0.05) is 19.2 Å². The fourth-order valence-corrected chi connectivity index (χ4v) is 1.22. The van der Waals surface area contributed by atoms with Crippen molar-refractivity contribution in [1.82, 2.24) is 10.2 Å². The fourth-order valence-electron chi connectivity index (χ4n) is 1.22. The highest BCUT2D eigenvalue weighted by Gasteiger charge is 2.24. The third kappa shape index (κ3) is 4.78. The fraction of sp³-hybridized carbons (Fsp3) is 0.308. The largest absolute Gasteiger partial charge is 0.328 e. The molecule has 0 saturated carbocycles. The van der Waals surface area contributed by atoms with Gasteiger partial charge in [0.25, 0.3) is 0 Å². The Bertz CT molecular complexity index is 384. The molecule has 1 heterocycles. The van der Waals surface area contributed by atoms with Gasteiger partial charge in [-0.1, -0.05) is 33.1 Å². The molecular weight excluding hydrogens is 230 g/mol. The molecule has 98 valence electrons. The summed E-state index contributed by atoms with van der Waals surface area (Å²) < 4.78 is 0. The maximum atomic E-state index is 11.5. The summed E-state index contributed by atoms with van der Waals surface area (Å²) >= 11 is 0. The zero-order valence-electron chi connectivity index (χ0n) is 10.8. The van der Waals surface area contributed by atoms with Crippen molar-refractivity contribution in [2.45, 2.75) is 20.3 Å². The summed E-state index contributed by atoms with van der Waals surface area (Å²) in [6, 6.07) is -0.448. The number of rotatable bonds is 4. The lowest BCUT2D eigenvalue weighted by molar-refractivity contribution is -0.121. The van der Waals surface area contributed by atoms with Crippen molar-refractivity contribution in [1.29, 1.82) is 0 Å². The number of allylic oxidation sites excluding steroid dienone is 2. The number of aliphatic imine (C=N–C) groups is 1. The number of carbonyl (C=O) groups excluding carboxylic acids is 2. The van der Waals surface area contributed by atoms with Gasteiger partial charge in [0.15, 0.2) is 0 Å². The quantitative estimate of drug-likeness (QED) is 0.613. The van der Waals surface area contributed by atoms with Crippen molar-refractivity contribution in [3.63, 3.8) is 0 Å². The average Bonchev–Trinajstić information content (AvgIpc) is 2.38. The van der Waals surface area contributed by atoms with Gasteiger partial charge in [-0.2, -0.15) is 0 Å². The first-order chi connectivity index (χ1) is 8.69. The van der Waals surface area contributed by atoms with Gasteiger partial charge >= 0.3 is 6.03 Å². The van der Waals surface area contributed by atoms with Crippen molar-refractivity contribution >= 4 is 18.2 Å². The molecule has 0 unspecified atom stereocenters. The van der Waals surface area contributed by atoms with E-state index in [0.29, 0.717) is 12.2 Å². The van der Waals surface area contributed by atoms with Crippen LogP contribution >= 0.6 is 0 Å². The highest BCUT2D eigenvalue weighted by molar-refractivity contribution is 5.97. The van der Waals surface area contributed by atoms with Gasteiger partial charge in [0.1, 0.15) is 0 Å². The number of amides is 3. The van der Waals surface area contributed by atoms with Crippen molar-refractivity contribution < 1.29 is 9.59 Å². The molecule has 0 aliphatic carbocycles. The highest BCUT2D eigenvalue weighted by atomic mass is 16.2. The highest BCUT2D eigenvalue weighted by Crippen LogP contribution is 2.10. The van der Waals surface area contributed by atoms with E-state index in [1.165, 1.54) is 29.5 Å². The number of urea groups is 1. The third-order valence-electron chi connectivity index (χ3n) is 1.97. The molecule has 18 heavy (non-hydrogen) atoms. The number of carbonyl (C=O) groups is 2. The van der Waals surface area contributed by atoms with Crippen LogP contribution in [-0.4, -0.2) is 29.6 Å². The van der Waals surface area contributed by atoms with Crippen molar-refractivity contribution in [3.05, 3.63) is 37.2 Å². The molecule has 1 fully saturated rings. The number of nitrogens with zero attached hydrogens (tertiary/aromatic N) is 2. The second kappa shape index (κ2) is 8.92. The second-order valence-electron chi connectivity index (χ2n) is 3.05.